The lowest BCUT2D eigenvalue weighted by atomic mass is 10.1. The van der Waals surface area contributed by atoms with Gasteiger partial charge >= 0.3 is 0 Å². The molecule has 0 aliphatic carbocycles. The molecule has 1 aromatic rings. The SMILES string of the molecule is Cc1ccc(CN(C)C2CCOCC2)c(Br)c1. The fraction of sp³-hybridized carbons (Fsp3) is 0.571. The van der Waals surface area contributed by atoms with Crippen LogP contribution in [0, 0.1) is 6.92 Å². The van der Waals surface area contributed by atoms with Crippen molar-refractivity contribution in [2.24, 2.45) is 0 Å². The number of benzene rings is 1. The molecule has 0 radical (unpaired) electrons. The van der Waals surface area contributed by atoms with Gasteiger partial charge in [0.05, 0.1) is 0 Å². The highest BCUT2D eigenvalue weighted by molar-refractivity contribution is 9.10. The zero-order chi connectivity index (χ0) is 12.3. The first-order valence-corrected chi connectivity index (χ1v) is 6.99. The molecular weight excluding hydrogens is 278 g/mol. The Hall–Kier alpha value is -0.380. The maximum atomic E-state index is 5.40. The van der Waals surface area contributed by atoms with Crippen molar-refractivity contribution in [2.75, 3.05) is 20.3 Å². The van der Waals surface area contributed by atoms with Crippen molar-refractivity contribution >= 4 is 15.9 Å². The quantitative estimate of drug-likeness (QED) is 0.848. The maximum absolute atomic E-state index is 5.40. The standard InChI is InChI=1S/C14H20BrNO/c1-11-3-4-12(14(15)9-11)10-16(2)13-5-7-17-8-6-13/h3-4,9,13H,5-8,10H2,1-2H3. The first kappa shape index (κ1) is 13.1. The summed E-state index contributed by atoms with van der Waals surface area (Å²) in [5.41, 5.74) is 2.67. The fourth-order valence-electron chi connectivity index (χ4n) is 2.30. The second-order valence-electron chi connectivity index (χ2n) is 4.85. The van der Waals surface area contributed by atoms with Gasteiger partial charge in [0.1, 0.15) is 0 Å². The number of ether oxygens (including phenoxy) is 1. The summed E-state index contributed by atoms with van der Waals surface area (Å²) in [4.78, 5) is 2.44. The van der Waals surface area contributed by atoms with E-state index in [1.807, 2.05) is 0 Å². The molecule has 0 atom stereocenters. The van der Waals surface area contributed by atoms with Crippen LogP contribution in [-0.2, 0) is 11.3 Å². The van der Waals surface area contributed by atoms with E-state index in [-0.39, 0.29) is 0 Å². The summed E-state index contributed by atoms with van der Waals surface area (Å²) in [6.07, 6.45) is 2.31. The predicted octanol–water partition coefficient (Wildman–Crippen LogP) is 3.37. The Morgan fingerprint density at radius 2 is 2.06 bits per heavy atom. The highest BCUT2D eigenvalue weighted by Crippen LogP contribution is 2.22. The predicted molar refractivity (Wildman–Crippen MR) is 74.2 cm³/mol. The van der Waals surface area contributed by atoms with E-state index >= 15 is 0 Å². The van der Waals surface area contributed by atoms with Crippen LogP contribution in [0.2, 0.25) is 0 Å². The number of nitrogens with zero attached hydrogens (tertiary/aromatic N) is 1. The molecule has 1 saturated heterocycles. The molecule has 1 aliphatic rings. The minimum absolute atomic E-state index is 0.664. The van der Waals surface area contributed by atoms with Gasteiger partial charge in [0.25, 0.3) is 0 Å². The van der Waals surface area contributed by atoms with Gasteiger partial charge in [-0.1, -0.05) is 28.1 Å². The molecule has 3 heteroatoms. The normalized spacial score (nSPS) is 17.6. The third kappa shape index (κ3) is 3.54. The van der Waals surface area contributed by atoms with Gasteiger partial charge in [-0.15, -0.1) is 0 Å². The summed E-state index contributed by atoms with van der Waals surface area (Å²) in [7, 11) is 2.21. The van der Waals surface area contributed by atoms with Crippen LogP contribution in [0.15, 0.2) is 22.7 Å². The van der Waals surface area contributed by atoms with Gasteiger partial charge in [-0.2, -0.15) is 0 Å². The molecule has 0 saturated carbocycles. The van der Waals surface area contributed by atoms with Crippen molar-refractivity contribution in [1.82, 2.24) is 4.90 Å². The summed E-state index contributed by atoms with van der Waals surface area (Å²) in [6.45, 7) is 4.94. The minimum Gasteiger partial charge on any atom is -0.381 e. The third-order valence-corrected chi connectivity index (χ3v) is 4.18. The molecular formula is C14H20BrNO. The van der Waals surface area contributed by atoms with Crippen LogP contribution in [0.5, 0.6) is 0 Å². The number of hydrogen-bond donors (Lipinski definition) is 0. The number of halogens is 1. The molecule has 1 heterocycles. The van der Waals surface area contributed by atoms with Crippen LogP contribution in [0.3, 0.4) is 0 Å². The molecule has 1 fully saturated rings. The van der Waals surface area contributed by atoms with Crippen LogP contribution in [0.4, 0.5) is 0 Å². The molecule has 2 rings (SSSR count). The molecule has 0 N–H and O–H groups in total. The monoisotopic (exact) mass is 297 g/mol. The molecule has 0 bridgehead atoms. The maximum Gasteiger partial charge on any atom is 0.0480 e. The van der Waals surface area contributed by atoms with E-state index in [0.29, 0.717) is 6.04 Å². The van der Waals surface area contributed by atoms with E-state index in [2.05, 4.69) is 53.0 Å². The number of hydrogen-bond acceptors (Lipinski definition) is 2. The summed E-state index contributed by atoms with van der Waals surface area (Å²) < 4.78 is 6.62. The average molecular weight is 298 g/mol. The van der Waals surface area contributed by atoms with Crippen molar-refractivity contribution in [3.05, 3.63) is 33.8 Å². The summed E-state index contributed by atoms with van der Waals surface area (Å²) >= 11 is 3.65. The van der Waals surface area contributed by atoms with E-state index in [1.54, 1.807) is 0 Å². The molecule has 0 amide bonds. The van der Waals surface area contributed by atoms with E-state index < -0.39 is 0 Å². The van der Waals surface area contributed by atoms with Crippen molar-refractivity contribution < 1.29 is 4.74 Å². The van der Waals surface area contributed by atoms with Crippen LogP contribution >= 0.6 is 15.9 Å². The Kier molecular flexibility index (Phi) is 4.60. The van der Waals surface area contributed by atoms with Gasteiger partial charge in [-0.05, 0) is 44.0 Å². The second kappa shape index (κ2) is 5.98. The number of rotatable bonds is 3. The van der Waals surface area contributed by atoms with Crippen molar-refractivity contribution in [3.63, 3.8) is 0 Å². The molecule has 2 nitrogen and oxygen atoms in total. The van der Waals surface area contributed by atoms with E-state index in [1.165, 1.54) is 15.6 Å². The lowest BCUT2D eigenvalue weighted by Crippen LogP contribution is -2.36. The van der Waals surface area contributed by atoms with E-state index in [0.717, 1.165) is 32.6 Å². The topological polar surface area (TPSA) is 12.5 Å². The van der Waals surface area contributed by atoms with Crippen molar-refractivity contribution in [1.29, 1.82) is 0 Å². The fourth-order valence-corrected chi connectivity index (χ4v) is 2.92. The third-order valence-electron chi connectivity index (χ3n) is 3.44. The molecule has 0 unspecified atom stereocenters. The molecule has 1 aromatic carbocycles. The lowest BCUT2D eigenvalue weighted by Gasteiger charge is -2.31. The Bertz CT molecular complexity index is 374. The van der Waals surface area contributed by atoms with Crippen LogP contribution in [-0.4, -0.2) is 31.2 Å². The van der Waals surface area contributed by atoms with E-state index in [9.17, 15) is 0 Å². The van der Waals surface area contributed by atoms with Crippen molar-refractivity contribution in [2.45, 2.75) is 32.4 Å². The molecule has 17 heavy (non-hydrogen) atoms. The van der Waals surface area contributed by atoms with Gasteiger partial charge in [0.2, 0.25) is 0 Å². The summed E-state index contributed by atoms with van der Waals surface area (Å²) in [5.74, 6) is 0. The Morgan fingerprint density at radius 3 is 2.71 bits per heavy atom. The molecule has 94 valence electrons. The molecule has 1 aliphatic heterocycles. The van der Waals surface area contributed by atoms with Crippen LogP contribution in [0.25, 0.3) is 0 Å². The van der Waals surface area contributed by atoms with Gasteiger partial charge in [-0.3, -0.25) is 4.90 Å². The highest BCUT2D eigenvalue weighted by atomic mass is 79.9. The average Bonchev–Trinajstić information content (AvgIpc) is 2.34. The molecule has 0 aromatic heterocycles. The van der Waals surface area contributed by atoms with Crippen molar-refractivity contribution in [3.8, 4) is 0 Å². The van der Waals surface area contributed by atoms with Crippen LogP contribution in [0.1, 0.15) is 24.0 Å². The summed E-state index contributed by atoms with van der Waals surface area (Å²) in [5, 5.41) is 0. The Balaban J connectivity index is 1.99. The number of aryl methyl sites for hydroxylation is 1. The van der Waals surface area contributed by atoms with Gasteiger partial charge in [0.15, 0.2) is 0 Å². The second-order valence-corrected chi connectivity index (χ2v) is 5.71. The van der Waals surface area contributed by atoms with Crippen LogP contribution < -0.4 is 0 Å². The first-order valence-electron chi connectivity index (χ1n) is 6.20. The zero-order valence-corrected chi connectivity index (χ0v) is 12.2. The van der Waals surface area contributed by atoms with Gasteiger partial charge in [-0.25, -0.2) is 0 Å². The van der Waals surface area contributed by atoms with E-state index in [4.69, 9.17) is 4.74 Å². The smallest absolute Gasteiger partial charge is 0.0480 e. The largest absolute Gasteiger partial charge is 0.381 e. The van der Waals surface area contributed by atoms with Gasteiger partial charge < -0.3 is 4.74 Å². The van der Waals surface area contributed by atoms with Gasteiger partial charge in [0, 0.05) is 30.3 Å². The highest BCUT2D eigenvalue weighted by Gasteiger charge is 2.18. The Labute approximate surface area is 112 Å². The molecule has 0 spiro atoms. The Morgan fingerprint density at radius 1 is 1.35 bits per heavy atom. The lowest BCUT2D eigenvalue weighted by molar-refractivity contribution is 0.0406. The minimum atomic E-state index is 0.664. The summed E-state index contributed by atoms with van der Waals surface area (Å²) in [6, 6.07) is 7.25. The first-order chi connectivity index (χ1) is 8.16. The zero-order valence-electron chi connectivity index (χ0n) is 10.6.